The molecule has 2 heterocycles. The third-order valence-electron chi connectivity index (χ3n) is 3.56. The lowest BCUT2D eigenvalue weighted by molar-refractivity contribution is 0.101. The summed E-state index contributed by atoms with van der Waals surface area (Å²) in [6, 6.07) is 11.3. The number of aromatic nitrogens is 2. The number of aryl methyl sites for hydroxylation is 2. The number of methoxy groups -OCH3 is 1. The van der Waals surface area contributed by atoms with Crippen molar-refractivity contribution in [3.05, 3.63) is 53.2 Å². The number of hydrogen-bond donors (Lipinski definition) is 1. The van der Waals surface area contributed by atoms with E-state index in [-0.39, 0.29) is 5.91 Å². The van der Waals surface area contributed by atoms with Gasteiger partial charge in [0, 0.05) is 23.7 Å². The molecule has 0 atom stereocenters. The third-order valence-corrected chi connectivity index (χ3v) is 4.44. The Morgan fingerprint density at radius 1 is 1.26 bits per heavy atom. The van der Waals surface area contributed by atoms with Crippen LogP contribution in [0.3, 0.4) is 0 Å². The van der Waals surface area contributed by atoms with Gasteiger partial charge in [0.15, 0.2) is 5.13 Å². The Morgan fingerprint density at radius 2 is 2.00 bits per heavy atom. The number of anilines is 1. The van der Waals surface area contributed by atoms with Gasteiger partial charge in [-0.15, -0.1) is 11.3 Å². The SMILES string of the molecule is COc1ccc(-c2nc(NC(=O)c3cccn3C)sc2C)cc1. The van der Waals surface area contributed by atoms with E-state index in [0.717, 1.165) is 21.9 Å². The van der Waals surface area contributed by atoms with Crippen LogP contribution in [0.5, 0.6) is 5.75 Å². The first-order chi connectivity index (χ1) is 11.1. The largest absolute Gasteiger partial charge is 0.497 e. The molecule has 0 bridgehead atoms. The number of rotatable bonds is 4. The Bertz CT molecular complexity index is 834. The normalized spacial score (nSPS) is 10.6. The van der Waals surface area contributed by atoms with Crippen LogP contribution in [-0.4, -0.2) is 22.6 Å². The predicted molar refractivity (Wildman–Crippen MR) is 92.2 cm³/mol. The standard InChI is InChI=1S/C17H17N3O2S/c1-11-15(12-6-8-13(22-3)9-7-12)18-17(23-11)19-16(21)14-5-4-10-20(14)2/h4-10H,1-3H3,(H,18,19,21). The summed E-state index contributed by atoms with van der Waals surface area (Å²) in [5.74, 6) is 0.645. The minimum atomic E-state index is -0.160. The van der Waals surface area contributed by atoms with E-state index in [0.29, 0.717) is 10.8 Å². The fourth-order valence-electron chi connectivity index (χ4n) is 2.32. The second-order valence-corrected chi connectivity index (χ2v) is 6.31. The molecule has 0 saturated heterocycles. The molecule has 118 valence electrons. The molecule has 1 amide bonds. The summed E-state index contributed by atoms with van der Waals surface area (Å²) in [7, 11) is 3.48. The van der Waals surface area contributed by atoms with Gasteiger partial charge in [-0.3, -0.25) is 10.1 Å². The molecule has 1 aromatic carbocycles. The summed E-state index contributed by atoms with van der Waals surface area (Å²) in [4.78, 5) is 17.9. The Labute approximate surface area is 138 Å². The molecular weight excluding hydrogens is 310 g/mol. The fraction of sp³-hybridized carbons (Fsp3) is 0.176. The average molecular weight is 327 g/mol. The topological polar surface area (TPSA) is 56.1 Å². The van der Waals surface area contributed by atoms with Gasteiger partial charge < -0.3 is 9.30 Å². The molecule has 2 aromatic heterocycles. The third kappa shape index (κ3) is 3.12. The maximum absolute atomic E-state index is 12.3. The summed E-state index contributed by atoms with van der Waals surface area (Å²) < 4.78 is 6.95. The van der Waals surface area contributed by atoms with Crippen LogP contribution in [0.1, 0.15) is 15.4 Å². The van der Waals surface area contributed by atoms with Gasteiger partial charge in [0.1, 0.15) is 11.4 Å². The zero-order valence-corrected chi connectivity index (χ0v) is 14.0. The highest BCUT2D eigenvalue weighted by molar-refractivity contribution is 7.16. The minimum Gasteiger partial charge on any atom is -0.497 e. The highest BCUT2D eigenvalue weighted by Crippen LogP contribution is 2.31. The van der Waals surface area contributed by atoms with Crippen molar-refractivity contribution >= 4 is 22.4 Å². The fourth-order valence-corrected chi connectivity index (χ4v) is 3.16. The van der Waals surface area contributed by atoms with Crippen LogP contribution in [0.15, 0.2) is 42.6 Å². The van der Waals surface area contributed by atoms with Gasteiger partial charge in [0.2, 0.25) is 0 Å². The molecule has 1 N–H and O–H groups in total. The van der Waals surface area contributed by atoms with Crippen molar-refractivity contribution in [3.8, 4) is 17.0 Å². The van der Waals surface area contributed by atoms with Gasteiger partial charge in [0.05, 0.1) is 12.8 Å². The van der Waals surface area contributed by atoms with Gasteiger partial charge >= 0.3 is 0 Å². The van der Waals surface area contributed by atoms with Crippen LogP contribution < -0.4 is 10.1 Å². The van der Waals surface area contributed by atoms with Crippen molar-refractivity contribution in [1.82, 2.24) is 9.55 Å². The lowest BCUT2D eigenvalue weighted by Gasteiger charge is -2.03. The van der Waals surface area contributed by atoms with E-state index in [1.165, 1.54) is 11.3 Å². The molecule has 0 unspecified atom stereocenters. The number of hydrogen-bond acceptors (Lipinski definition) is 4. The molecule has 0 spiro atoms. The first kappa shape index (κ1) is 15.3. The van der Waals surface area contributed by atoms with E-state index in [2.05, 4.69) is 10.3 Å². The molecular formula is C17H17N3O2S. The van der Waals surface area contributed by atoms with Crippen molar-refractivity contribution in [2.24, 2.45) is 7.05 Å². The van der Waals surface area contributed by atoms with Gasteiger partial charge in [0.25, 0.3) is 5.91 Å². The number of thiazole rings is 1. The van der Waals surface area contributed by atoms with Gasteiger partial charge in [-0.1, -0.05) is 0 Å². The lowest BCUT2D eigenvalue weighted by Crippen LogP contribution is -2.15. The number of amides is 1. The average Bonchev–Trinajstić information content (AvgIpc) is 3.13. The summed E-state index contributed by atoms with van der Waals surface area (Å²) >= 11 is 1.47. The monoisotopic (exact) mass is 327 g/mol. The smallest absolute Gasteiger partial charge is 0.274 e. The molecule has 0 saturated carbocycles. The van der Waals surface area contributed by atoms with Crippen LogP contribution in [0.4, 0.5) is 5.13 Å². The van der Waals surface area contributed by atoms with Crippen LogP contribution >= 0.6 is 11.3 Å². The number of nitrogens with zero attached hydrogens (tertiary/aromatic N) is 2. The molecule has 3 rings (SSSR count). The number of nitrogens with one attached hydrogen (secondary N) is 1. The van der Waals surface area contributed by atoms with Gasteiger partial charge in [-0.05, 0) is 43.3 Å². The Balaban J connectivity index is 1.83. The zero-order valence-electron chi connectivity index (χ0n) is 13.2. The summed E-state index contributed by atoms with van der Waals surface area (Å²) in [6.07, 6.45) is 1.84. The van der Waals surface area contributed by atoms with E-state index in [1.807, 2.05) is 50.5 Å². The Hall–Kier alpha value is -2.60. The molecule has 5 nitrogen and oxygen atoms in total. The van der Waals surface area contributed by atoms with Crippen LogP contribution in [0.2, 0.25) is 0 Å². The molecule has 6 heteroatoms. The number of carbonyl (C=O) groups excluding carboxylic acids is 1. The molecule has 0 fully saturated rings. The molecule has 3 aromatic rings. The van der Waals surface area contributed by atoms with E-state index in [1.54, 1.807) is 17.7 Å². The van der Waals surface area contributed by atoms with Crippen molar-refractivity contribution < 1.29 is 9.53 Å². The summed E-state index contributed by atoms with van der Waals surface area (Å²) in [5.41, 5.74) is 2.47. The van der Waals surface area contributed by atoms with E-state index in [9.17, 15) is 4.79 Å². The van der Waals surface area contributed by atoms with Crippen molar-refractivity contribution in [3.63, 3.8) is 0 Å². The molecule has 0 aliphatic heterocycles. The lowest BCUT2D eigenvalue weighted by atomic mass is 10.1. The van der Waals surface area contributed by atoms with Crippen LogP contribution in [0, 0.1) is 6.92 Å². The summed E-state index contributed by atoms with van der Waals surface area (Å²) in [6.45, 7) is 2.00. The summed E-state index contributed by atoms with van der Waals surface area (Å²) in [5, 5.41) is 3.46. The van der Waals surface area contributed by atoms with Crippen LogP contribution in [0.25, 0.3) is 11.3 Å². The first-order valence-electron chi connectivity index (χ1n) is 7.13. The van der Waals surface area contributed by atoms with Gasteiger partial charge in [-0.25, -0.2) is 4.98 Å². The maximum Gasteiger partial charge on any atom is 0.274 e. The quantitative estimate of drug-likeness (QED) is 0.794. The molecule has 0 radical (unpaired) electrons. The Kier molecular flexibility index (Phi) is 4.16. The minimum absolute atomic E-state index is 0.160. The Morgan fingerprint density at radius 3 is 2.61 bits per heavy atom. The second kappa shape index (κ2) is 6.26. The predicted octanol–water partition coefficient (Wildman–Crippen LogP) is 3.72. The second-order valence-electron chi connectivity index (χ2n) is 5.11. The van der Waals surface area contributed by atoms with E-state index in [4.69, 9.17) is 4.74 Å². The van der Waals surface area contributed by atoms with Crippen molar-refractivity contribution in [2.45, 2.75) is 6.92 Å². The van der Waals surface area contributed by atoms with E-state index < -0.39 is 0 Å². The van der Waals surface area contributed by atoms with Crippen molar-refractivity contribution in [1.29, 1.82) is 0 Å². The molecule has 23 heavy (non-hydrogen) atoms. The number of ether oxygens (including phenoxy) is 1. The highest BCUT2D eigenvalue weighted by atomic mass is 32.1. The number of benzene rings is 1. The highest BCUT2D eigenvalue weighted by Gasteiger charge is 2.14. The maximum atomic E-state index is 12.3. The van der Waals surface area contributed by atoms with Crippen molar-refractivity contribution in [2.75, 3.05) is 12.4 Å². The zero-order chi connectivity index (χ0) is 16.4. The molecule has 0 aliphatic carbocycles. The number of carbonyl (C=O) groups is 1. The molecule has 0 aliphatic rings. The van der Waals surface area contributed by atoms with Gasteiger partial charge in [-0.2, -0.15) is 0 Å². The first-order valence-corrected chi connectivity index (χ1v) is 7.94. The van der Waals surface area contributed by atoms with E-state index >= 15 is 0 Å². The van der Waals surface area contributed by atoms with Crippen LogP contribution in [-0.2, 0) is 7.05 Å².